The van der Waals surface area contributed by atoms with Gasteiger partial charge in [-0.25, -0.2) is 9.97 Å². The van der Waals surface area contributed by atoms with Gasteiger partial charge in [0.25, 0.3) is 0 Å². The van der Waals surface area contributed by atoms with Gasteiger partial charge in [-0.15, -0.1) is 0 Å². The predicted molar refractivity (Wildman–Crippen MR) is 62.4 cm³/mol. The highest BCUT2D eigenvalue weighted by molar-refractivity contribution is 7.99. The molecule has 5 nitrogen and oxygen atoms in total. The van der Waals surface area contributed by atoms with Crippen molar-refractivity contribution in [3.05, 3.63) is 18.0 Å². The highest BCUT2D eigenvalue weighted by atomic mass is 32.2. The molecule has 0 radical (unpaired) electrons. The molecule has 0 bridgehead atoms. The topological polar surface area (TPSA) is 75.1 Å². The maximum absolute atomic E-state index is 10.6. The van der Waals surface area contributed by atoms with Crippen LogP contribution < -0.4 is 5.32 Å². The normalized spacial score (nSPS) is 12.4. The van der Waals surface area contributed by atoms with E-state index < -0.39 is 12.0 Å². The molecular weight excluding hydrogens is 226 g/mol. The Morgan fingerprint density at radius 1 is 1.56 bits per heavy atom. The van der Waals surface area contributed by atoms with Crippen molar-refractivity contribution in [1.29, 1.82) is 0 Å². The van der Waals surface area contributed by atoms with Crippen LogP contribution in [-0.4, -0.2) is 32.8 Å². The first-order valence-electron chi connectivity index (χ1n) is 5.03. The lowest BCUT2D eigenvalue weighted by Crippen LogP contribution is -2.33. The average molecular weight is 241 g/mol. The van der Waals surface area contributed by atoms with E-state index in [0.717, 1.165) is 16.5 Å². The lowest BCUT2D eigenvalue weighted by Gasteiger charge is -2.08. The van der Waals surface area contributed by atoms with Crippen molar-refractivity contribution in [1.82, 2.24) is 15.3 Å². The van der Waals surface area contributed by atoms with Crippen LogP contribution in [0.3, 0.4) is 0 Å². The molecule has 0 aliphatic carbocycles. The second-order valence-electron chi connectivity index (χ2n) is 3.25. The second kappa shape index (κ2) is 6.44. The molecule has 1 aromatic heterocycles. The zero-order valence-electron chi connectivity index (χ0n) is 9.30. The SMILES string of the molecule is CCSc1ncc(CN[C@H](C)C(=O)O)cn1. The molecule has 1 atom stereocenters. The maximum Gasteiger partial charge on any atom is 0.320 e. The van der Waals surface area contributed by atoms with E-state index in [1.54, 1.807) is 31.1 Å². The molecule has 0 unspecified atom stereocenters. The minimum Gasteiger partial charge on any atom is -0.480 e. The summed E-state index contributed by atoms with van der Waals surface area (Å²) in [5, 5.41) is 12.3. The number of rotatable bonds is 6. The molecule has 1 rings (SSSR count). The van der Waals surface area contributed by atoms with Crippen molar-refractivity contribution in [3.8, 4) is 0 Å². The van der Waals surface area contributed by atoms with Crippen LogP contribution in [0.25, 0.3) is 0 Å². The molecule has 0 spiro atoms. The smallest absolute Gasteiger partial charge is 0.320 e. The fourth-order valence-electron chi connectivity index (χ4n) is 0.996. The molecule has 6 heteroatoms. The number of carbonyl (C=O) groups is 1. The number of nitrogens with zero attached hydrogens (tertiary/aromatic N) is 2. The Balaban J connectivity index is 2.46. The van der Waals surface area contributed by atoms with Crippen molar-refractivity contribution < 1.29 is 9.90 Å². The molecule has 0 amide bonds. The quantitative estimate of drug-likeness (QED) is 0.575. The highest BCUT2D eigenvalue weighted by Crippen LogP contribution is 2.10. The Bertz CT molecular complexity index is 342. The van der Waals surface area contributed by atoms with Gasteiger partial charge in [0.1, 0.15) is 6.04 Å². The molecule has 0 saturated carbocycles. The van der Waals surface area contributed by atoms with E-state index in [1.165, 1.54) is 0 Å². The summed E-state index contributed by atoms with van der Waals surface area (Å²) in [6.45, 7) is 4.10. The van der Waals surface area contributed by atoms with Gasteiger partial charge in [0.05, 0.1) is 0 Å². The first kappa shape index (κ1) is 12.9. The molecule has 16 heavy (non-hydrogen) atoms. The number of carboxylic acids is 1. The van der Waals surface area contributed by atoms with E-state index in [9.17, 15) is 4.79 Å². The van der Waals surface area contributed by atoms with Crippen LogP contribution in [0.15, 0.2) is 17.6 Å². The fourth-order valence-corrected chi connectivity index (χ4v) is 1.51. The molecule has 0 aromatic carbocycles. The Morgan fingerprint density at radius 2 is 2.19 bits per heavy atom. The summed E-state index contributed by atoms with van der Waals surface area (Å²) < 4.78 is 0. The van der Waals surface area contributed by atoms with E-state index in [4.69, 9.17) is 5.11 Å². The Labute approximate surface area is 98.7 Å². The minimum absolute atomic E-state index is 0.463. The molecule has 1 heterocycles. The maximum atomic E-state index is 10.6. The molecule has 0 saturated heterocycles. The van der Waals surface area contributed by atoms with E-state index in [0.29, 0.717) is 6.54 Å². The van der Waals surface area contributed by atoms with E-state index in [2.05, 4.69) is 15.3 Å². The first-order chi connectivity index (χ1) is 7.63. The van der Waals surface area contributed by atoms with Gasteiger partial charge >= 0.3 is 5.97 Å². The van der Waals surface area contributed by atoms with Gasteiger partial charge in [0, 0.05) is 24.5 Å². The van der Waals surface area contributed by atoms with Crippen molar-refractivity contribution >= 4 is 17.7 Å². The van der Waals surface area contributed by atoms with Crippen LogP contribution in [0.5, 0.6) is 0 Å². The Morgan fingerprint density at radius 3 is 2.69 bits per heavy atom. The summed E-state index contributed by atoms with van der Waals surface area (Å²) >= 11 is 1.58. The van der Waals surface area contributed by atoms with Gasteiger partial charge in [-0.1, -0.05) is 18.7 Å². The average Bonchev–Trinajstić information content (AvgIpc) is 2.28. The molecule has 0 aliphatic heterocycles. The van der Waals surface area contributed by atoms with Gasteiger partial charge in [-0.3, -0.25) is 4.79 Å². The largest absolute Gasteiger partial charge is 0.480 e. The van der Waals surface area contributed by atoms with Crippen LogP contribution >= 0.6 is 11.8 Å². The van der Waals surface area contributed by atoms with E-state index >= 15 is 0 Å². The molecule has 1 aromatic rings. The van der Waals surface area contributed by atoms with Crippen molar-refractivity contribution in [2.24, 2.45) is 0 Å². The van der Waals surface area contributed by atoms with Crippen LogP contribution in [0.1, 0.15) is 19.4 Å². The number of thioether (sulfide) groups is 1. The standard InChI is InChI=1S/C10H15N3O2S/c1-3-16-10-12-5-8(6-13-10)4-11-7(2)9(14)15/h5-7,11H,3-4H2,1-2H3,(H,14,15)/t7-/m1/s1. The number of hydrogen-bond donors (Lipinski definition) is 2. The number of aromatic nitrogens is 2. The van der Waals surface area contributed by atoms with Crippen LogP contribution in [-0.2, 0) is 11.3 Å². The van der Waals surface area contributed by atoms with Gasteiger partial charge in [0.2, 0.25) is 0 Å². The third-order valence-electron chi connectivity index (χ3n) is 1.94. The number of carboxylic acid groups (broad SMARTS) is 1. The zero-order chi connectivity index (χ0) is 12.0. The molecule has 88 valence electrons. The van der Waals surface area contributed by atoms with Crippen molar-refractivity contribution in [2.75, 3.05) is 5.75 Å². The van der Waals surface area contributed by atoms with Crippen LogP contribution in [0.4, 0.5) is 0 Å². The van der Waals surface area contributed by atoms with E-state index in [1.807, 2.05) is 6.92 Å². The summed E-state index contributed by atoms with van der Waals surface area (Å²) in [6.07, 6.45) is 3.43. The zero-order valence-corrected chi connectivity index (χ0v) is 10.1. The first-order valence-corrected chi connectivity index (χ1v) is 6.02. The summed E-state index contributed by atoms with van der Waals surface area (Å²) in [6, 6.07) is -0.565. The number of nitrogens with one attached hydrogen (secondary N) is 1. The number of hydrogen-bond acceptors (Lipinski definition) is 5. The fraction of sp³-hybridized carbons (Fsp3) is 0.500. The predicted octanol–water partition coefficient (Wildman–Crippen LogP) is 1.15. The van der Waals surface area contributed by atoms with Gasteiger partial charge < -0.3 is 10.4 Å². The third-order valence-corrected chi connectivity index (χ3v) is 2.70. The van der Waals surface area contributed by atoms with Gasteiger partial charge in [-0.05, 0) is 12.7 Å². The summed E-state index contributed by atoms with van der Waals surface area (Å²) in [5.41, 5.74) is 0.883. The van der Waals surface area contributed by atoms with Crippen molar-refractivity contribution in [2.45, 2.75) is 31.6 Å². The van der Waals surface area contributed by atoms with Crippen LogP contribution in [0.2, 0.25) is 0 Å². The monoisotopic (exact) mass is 241 g/mol. The highest BCUT2D eigenvalue weighted by Gasteiger charge is 2.09. The van der Waals surface area contributed by atoms with Crippen LogP contribution in [0, 0.1) is 0 Å². The summed E-state index contributed by atoms with van der Waals surface area (Å²) in [5.74, 6) is 0.0762. The lowest BCUT2D eigenvalue weighted by atomic mass is 10.3. The molecule has 0 fully saturated rings. The summed E-state index contributed by atoms with van der Waals surface area (Å²) in [7, 11) is 0. The molecule has 0 aliphatic rings. The van der Waals surface area contributed by atoms with Gasteiger partial charge in [-0.2, -0.15) is 0 Å². The molecule has 2 N–H and O–H groups in total. The molecular formula is C10H15N3O2S. The van der Waals surface area contributed by atoms with E-state index in [-0.39, 0.29) is 0 Å². The minimum atomic E-state index is -0.862. The Hall–Kier alpha value is -1.14. The van der Waals surface area contributed by atoms with Gasteiger partial charge in [0.15, 0.2) is 5.16 Å². The lowest BCUT2D eigenvalue weighted by molar-refractivity contribution is -0.139. The third kappa shape index (κ3) is 4.16. The summed E-state index contributed by atoms with van der Waals surface area (Å²) in [4.78, 5) is 18.9. The number of aliphatic carboxylic acids is 1. The van der Waals surface area contributed by atoms with Crippen molar-refractivity contribution in [3.63, 3.8) is 0 Å². The second-order valence-corrected chi connectivity index (χ2v) is 4.48. The Kier molecular flexibility index (Phi) is 5.21.